The molecule has 0 saturated carbocycles. The number of likely N-dealkylation sites (N-methyl/N-ethyl adjacent to an activating group) is 1. The van der Waals surface area contributed by atoms with Crippen molar-refractivity contribution in [2.24, 2.45) is 4.99 Å². The number of rotatable bonds is 8. The van der Waals surface area contributed by atoms with Crippen LogP contribution < -0.4 is 14.4 Å². The fourth-order valence-electron chi connectivity index (χ4n) is 4.72. The molecule has 6 nitrogen and oxygen atoms in total. The summed E-state index contributed by atoms with van der Waals surface area (Å²) in [5.74, 6) is 1.22. The lowest BCUT2D eigenvalue weighted by Gasteiger charge is -2.28. The van der Waals surface area contributed by atoms with E-state index in [0.717, 1.165) is 33.5 Å². The molecule has 40 heavy (non-hydrogen) atoms. The van der Waals surface area contributed by atoms with Crippen LogP contribution in [0.3, 0.4) is 0 Å². The molecule has 1 amide bonds. The predicted molar refractivity (Wildman–Crippen MR) is 174 cm³/mol. The Hall–Kier alpha value is -2.69. The Morgan fingerprint density at radius 1 is 1.05 bits per heavy atom. The molecule has 0 atom stereocenters. The molecule has 9 heteroatoms. The third kappa shape index (κ3) is 6.78. The van der Waals surface area contributed by atoms with Gasteiger partial charge < -0.3 is 14.4 Å². The van der Waals surface area contributed by atoms with E-state index in [-0.39, 0.29) is 5.91 Å². The summed E-state index contributed by atoms with van der Waals surface area (Å²) in [7, 11) is 1.62. The zero-order valence-corrected chi connectivity index (χ0v) is 26.3. The highest BCUT2D eigenvalue weighted by atomic mass is 127. The highest BCUT2D eigenvalue weighted by molar-refractivity contribution is 14.1. The van der Waals surface area contributed by atoms with Crippen LogP contribution in [0, 0.1) is 3.57 Å². The van der Waals surface area contributed by atoms with Gasteiger partial charge >= 0.3 is 0 Å². The van der Waals surface area contributed by atoms with Gasteiger partial charge in [0.05, 0.1) is 21.3 Å². The molecule has 2 heterocycles. The van der Waals surface area contributed by atoms with Crippen LogP contribution in [0.2, 0.25) is 5.02 Å². The average molecular weight is 688 g/mol. The van der Waals surface area contributed by atoms with E-state index in [1.54, 1.807) is 12.0 Å². The Kier molecular flexibility index (Phi) is 9.59. The van der Waals surface area contributed by atoms with Crippen molar-refractivity contribution < 1.29 is 14.3 Å². The first-order valence-electron chi connectivity index (χ1n) is 13.3. The summed E-state index contributed by atoms with van der Waals surface area (Å²) in [6, 6.07) is 19.8. The Morgan fingerprint density at radius 3 is 2.45 bits per heavy atom. The summed E-state index contributed by atoms with van der Waals surface area (Å²) in [6.07, 6.45) is 5.69. The van der Waals surface area contributed by atoms with E-state index in [1.165, 1.54) is 36.7 Å². The number of anilines is 1. The standard InChI is InChI=1S/C31H31ClIN3O3S/c1-3-36-30(37)28(40-31(36)34-24-11-13-25(14-12-24)35-15-5-4-6-16-35)19-22-17-26(33)29(27(18-22)38-2)39-20-21-7-9-23(32)10-8-21/h7-14,17-19H,3-6,15-16,20H2,1-2H3/b28-19+,34-31?. The number of ether oxygens (including phenoxy) is 2. The quantitative estimate of drug-likeness (QED) is 0.177. The number of amides is 1. The molecule has 2 aliphatic rings. The number of amidine groups is 1. The second kappa shape index (κ2) is 13.3. The molecule has 208 valence electrons. The van der Waals surface area contributed by atoms with Gasteiger partial charge in [-0.2, -0.15) is 0 Å². The van der Waals surface area contributed by atoms with Crippen molar-refractivity contribution in [3.8, 4) is 11.5 Å². The molecule has 0 bridgehead atoms. The van der Waals surface area contributed by atoms with Gasteiger partial charge in [-0.1, -0.05) is 23.7 Å². The number of benzene rings is 3. The molecule has 0 unspecified atom stereocenters. The maximum atomic E-state index is 13.3. The van der Waals surface area contributed by atoms with Gasteiger partial charge in [0.1, 0.15) is 6.61 Å². The normalized spacial score (nSPS) is 17.6. The monoisotopic (exact) mass is 687 g/mol. The van der Waals surface area contributed by atoms with E-state index < -0.39 is 0 Å². The van der Waals surface area contributed by atoms with Gasteiger partial charge in [-0.05, 0) is 126 Å². The minimum absolute atomic E-state index is 0.0479. The van der Waals surface area contributed by atoms with E-state index in [0.29, 0.717) is 39.7 Å². The molecular formula is C31H31ClIN3O3S. The highest BCUT2D eigenvalue weighted by Crippen LogP contribution is 2.38. The number of thioether (sulfide) groups is 1. The van der Waals surface area contributed by atoms with Crippen LogP contribution in [-0.2, 0) is 11.4 Å². The second-order valence-electron chi connectivity index (χ2n) is 9.57. The second-order valence-corrected chi connectivity index (χ2v) is 12.2. The van der Waals surface area contributed by atoms with Gasteiger partial charge in [0.25, 0.3) is 5.91 Å². The van der Waals surface area contributed by atoms with Crippen molar-refractivity contribution in [3.63, 3.8) is 0 Å². The van der Waals surface area contributed by atoms with Crippen LogP contribution in [0.25, 0.3) is 6.08 Å². The minimum atomic E-state index is -0.0479. The number of halogens is 2. The van der Waals surface area contributed by atoms with E-state index in [2.05, 4.69) is 39.6 Å². The molecular weight excluding hydrogens is 657 g/mol. The van der Waals surface area contributed by atoms with E-state index in [9.17, 15) is 4.79 Å². The minimum Gasteiger partial charge on any atom is -0.493 e. The number of carbonyl (C=O) groups is 1. The summed E-state index contributed by atoms with van der Waals surface area (Å²) in [5.41, 5.74) is 3.94. The van der Waals surface area contributed by atoms with Crippen molar-refractivity contribution in [2.45, 2.75) is 32.8 Å². The van der Waals surface area contributed by atoms with E-state index >= 15 is 0 Å². The van der Waals surface area contributed by atoms with Crippen molar-refractivity contribution in [1.29, 1.82) is 0 Å². The molecule has 3 aromatic carbocycles. The van der Waals surface area contributed by atoms with Crippen LogP contribution in [0.4, 0.5) is 11.4 Å². The fraction of sp³-hybridized carbons (Fsp3) is 0.290. The molecule has 0 N–H and O–H groups in total. The lowest BCUT2D eigenvalue weighted by Crippen LogP contribution is -2.29. The summed E-state index contributed by atoms with van der Waals surface area (Å²) in [5, 5.41) is 1.38. The molecule has 0 aliphatic carbocycles. The number of aliphatic imine (C=N–C) groups is 1. The zero-order chi connectivity index (χ0) is 28.1. The third-order valence-electron chi connectivity index (χ3n) is 6.85. The highest BCUT2D eigenvalue weighted by Gasteiger charge is 2.32. The number of nitrogens with zero attached hydrogens (tertiary/aromatic N) is 3. The van der Waals surface area contributed by atoms with Crippen LogP contribution in [-0.4, -0.2) is 42.7 Å². The summed E-state index contributed by atoms with van der Waals surface area (Å²) in [4.78, 5) is 22.9. The van der Waals surface area contributed by atoms with Crippen molar-refractivity contribution >= 4 is 74.5 Å². The van der Waals surface area contributed by atoms with Crippen LogP contribution in [0.1, 0.15) is 37.3 Å². The maximum Gasteiger partial charge on any atom is 0.266 e. The Morgan fingerprint density at radius 2 is 1.77 bits per heavy atom. The Bertz CT molecular complexity index is 1420. The molecule has 0 radical (unpaired) electrons. The predicted octanol–water partition coefficient (Wildman–Crippen LogP) is 8.15. The Labute approximate surface area is 258 Å². The smallest absolute Gasteiger partial charge is 0.266 e. The zero-order valence-electron chi connectivity index (χ0n) is 22.5. The Balaban J connectivity index is 1.34. The number of carbonyl (C=O) groups excluding carboxylic acids is 1. The first-order valence-corrected chi connectivity index (χ1v) is 15.6. The van der Waals surface area contributed by atoms with Crippen LogP contribution in [0.5, 0.6) is 11.5 Å². The van der Waals surface area contributed by atoms with Crippen molar-refractivity contribution in [3.05, 3.63) is 85.3 Å². The molecule has 2 aliphatic heterocycles. The molecule has 5 rings (SSSR count). The van der Waals surface area contributed by atoms with Crippen molar-refractivity contribution in [1.82, 2.24) is 4.90 Å². The molecule has 0 spiro atoms. The number of piperidine rings is 1. The van der Waals surface area contributed by atoms with Gasteiger partial charge in [0, 0.05) is 30.3 Å². The number of hydrogen-bond acceptors (Lipinski definition) is 6. The average Bonchev–Trinajstić information content (AvgIpc) is 3.26. The van der Waals surface area contributed by atoms with Crippen LogP contribution in [0.15, 0.2) is 70.6 Å². The lowest BCUT2D eigenvalue weighted by atomic mass is 10.1. The molecule has 0 aromatic heterocycles. The van der Waals surface area contributed by atoms with Gasteiger partial charge in [-0.15, -0.1) is 0 Å². The fourth-order valence-corrected chi connectivity index (χ4v) is 6.69. The SMILES string of the molecule is CCN1C(=O)/C(=C\c2cc(I)c(OCc3ccc(Cl)cc3)c(OC)c2)SC1=Nc1ccc(N2CCCCC2)cc1. The molecule has 3 aromatic rings. The summed E-state index contributed by atoms with van der Waals surface area (Å²) in [6.45, 7) is 5.12. The van der Waals surface area contributed by atoms with Gasteiger partial charge in [0.2, 0.25) is 0 Å². The van der Waals surface area contributed by atoms with Gasteiger partial charge in [-0.3, -0.25) is 9.69 Å². The summed E-state index contributed by atoms with van der Waals surface area (Å²) < 4.78 is 12.6. The molecule has 2 fully saturated rings. The van der Waals surface area contributed by atoms with Crippen molar-refractivity contribution in [2.75, 3.05) is 31.6 Å². The largest absolute Gasteiger partial charge is 0.493 e. The van der Waals surface area contributed by atoms with Gasteiger partial charge in [-0.25, -0.2) is 4.99 Å². The first-order chi connectivity index (χ1) is 19.4. The lowest BCUT2D eigenvalue weighted by molar-refractivity contribution is -0.122. The van der Waals surface area contributed by atoms with E-state index in [4.69, 9.17) is 26.1 Å². The third-order valence-corrected chi connectivity index (χ3v) is 8.91. The first kappa shape index (κ1) is 28.8. The van der Waals surface area contributed by atoms with Gasteiger partial charge in [0.15, 0.2) is 16.7 Å². The maximum absolute atomic E-state index is 13.3. The van der Waals surface area contributed by atoms with Crippen LogP contribution >= 0.6 is 46.0 Å². The molecule has 2 saturated heterocycles. The topological polar surface area (TPSA) is 54.4 Å². The number of hydrogen-bond donors (Lipinski definition) is 0. The summed E-state index contributed by atoms with van der Waals surface area (Å²) >= 11 is 9.63. The number of methoxy groups -OCH3 is 1. The van der Waals surface area contributed by atoms with E-state index in [1.807, 2.05) is 61.5 Å².